The molecule has 0 radical (unpaired) electrons. The van der Waals surface area contributed by atoms with E-state index >= 15 is 0 Å². The minimum atomic E-state index is -0.126. The third-order valence-corrected chi connectivity index (χ3v) is 3.14. The van der Waals surface area contributed by atoms with E-state index in [0.717, 1.165) is 24.4 Å². The quantitative estimate of drug-likeness (QED) is 0.822. The van der Waals surface area contributed by atoms with Crippen molar-refractivity contribution in [3.05, 3.63) is 41.3 Å². The Balaban J connectivity index is 1.77. The van der Waals surface area contributed by atoms with Gasteiger partial charge in [-0.3, -0.25) is 9.48 Å². The number of carbonyl (C=O) groups is 1. The highest BCUT2D eigenvalue weighted by atomic mass is 16.5. The molecule has 0 saturated carbocycles. The summed E-state index contributed by atoms with van der Waals surface area (Å²) >= 11 is 0. The molecule has 0 aliphatic carbocycles. The third-order valence-electron chi connectivity index (χ3n) is 3.14. The van der Waals surface area contributed by atoms with Crippen LogP contribution >= 0.6 is 0 Å². The van der Waals surface area contributed by atoms with Crippen LogP contribution in [0, 0.1) is 13.8 Å². The summed E-state index contributed by atoms with van der Waals surface area (Å²) in [5.41, 5.74) is 2.68. The number of hydrogen-bond donors (Lipinski definition) is 1. The lowest BCUT2D eigenvalue weighted by Gasteiger charge is -2.07. The number of hydrogen-bond acceptors (Lipinski definition) is 4. The zero-order valence-electron chi connectivity index (χ0n) is 12.6. The molecule has 0 unspecified atom stereocenters. The summed E-state index contributed by atoms with van der Waals surface area (Å²) in [6.07, 6.45) is 2.34. The lowest BCUT2D eigenvalue weighted by molar-refractivity contribution is 0.0952. The number of carbonyl (C=O) groups excluding carboxylic acids is 1. The highest BCUT2D eigenvalue weighted by molar-refractivity contribution is 5.93. The number of nitrogens with zero attached hydrogens (tertiary/aromatic N) is 3. The molecule has 0 spiro atoms. The minimum absolute atomic E-state index is 0.126. The van der Waals surface area contributed by atoms with Crippen molar-refractivity contribution in [1.82, 2.24) is 20.1 Å². The van der Waals surface area contributed by atoms with Crippen LogP contribution in [0.25, 0.3) is 0 Å². The predicted octanol–water partition coefficient (Wildman–Crippen LogP) is 1.72. The molecule has 0 bridgehead atoms. The van der Waals surface area contributed by atoms with Crippen LogP contribution in [0.2, 0.25) is 0 Å². The summed E-state index contributed by atoms with van der Waals surface area (Å²) in [5, 5.41) is 7.26. The topological polar surface area (TPSA) is 69.0 Å². The van der Waals surface area contributed by atoms with Crippen LogP contribution < -0.4 is 10.1 Å². The number of nitrogens with one attached hydrogen (secondary N) is 1. The van der Waals surface area contributed by atoms with E-state index in [2.05, 4.69) is 15.4 Å². The van der Waals surface area contributed by atoms with Crippen molar-refractivity contribution in [2.75, 3.05) is 13.7 Å². The summed E-state index contributed by atoms with van der Waals surface area (Å²) < 4.78 is 6.91. The van der Waals surface area contributed by atoms with Gasteiger partial charge in [-0.2, -0.15) is 5.10 Å². The molecule has 0 atom stereocenters. The van der Waals surface area contributed by atoms with Crippen molar-refractivity contribution >= 4 is 5.91 Å². The summed E-state index contributed by atoms with van der Waals surface area (Å²) in [4.78, 5) is 15.9. The summed E-state index contributed by atoms with van der Waals surface area (Å²) in [5.74, 6) is 0.370. The van der Waals surface area contributed by atoms with Crippen LogP contribution in [-0.4, -0.2) is 34.3 Å². The Kier molecular flexibility index (Phi) is 4.92. The van der Waals surface area contributed by atoms with Crippen LogP contribution in [0.3, 0.4) is 0 Å². The van der Waals surface area contributed by atoms with Gasteiger partial charge in [-0.25, -0.2) is 4.98 Å². The van der Waals surface area contributed by atoms with Crippen LogP contribution in [0.4, 0.5) is 0 Å². The van der Waals surface area contributed by atoms with E-state index < -0.39 is 0 Å². The third kappa shape index (κ3) is 4.05. The Bertz CT molecular complexity index is 605. The van der Waals surface area contributed by atoms with Crippen molar-refractivity contribution in [2.45, 2.75) is 26.8 Å². The van der Waals surface area contributed by atoms with Gasteiger partial charge in [0.15, 0.2) is 0 Å². The second-order valence-electron chi connectivity index (χ2n) is 4.85. The molecule has 0 aliphatic heterocycles. The number of aryl methyl sites for hydroxylation is 3. The molecular weight excluding hydrogens is 268 g/mol. The Hall–Kier alpha value is -2.37. The first-order valence-electron chi connectivity index (χ1n) is 6.89. The van der Waals surface area contributed by atoms with E-state index in [1.54, 1.807) is 19.2 Å². The maximum atomic E-state index is 11.9. The molecule has 21 heavy (non-hydrogen) atoms. The second-order valence-corrected chi connectivity index (χ2v) is 4.85. The largest absolute Gasteiger partial charge is 0.481 e. The fourth-order valence-corrected chi connectivity index (χ4v) is 2.07. The molecule has 2 heterocycles. The molecule has 0 fully saturated rings. The van der Waals surface area contributed by atoms with Gasteiger partial charge in [0.05, 0.1) is 18.4 Å². The molecule has 1 amide bonds. The van der Waals surface area contributed by atoms with E-state index in [0.29, 0.717) is 18.0 Å². The van der Waals surface area contributed by atoms with Gasteiger partial charge in [-0.1, -0.05) is 0 Å². The molecule has 2 rings (SSSR count). The number of ether oxygens (including phenoxy) is 1. The van der Waals surface area contributed by atoms with E-state index in [9.17, 15) is 4.79 Å². The Morgan fingerprint density at radius 2 is 2.19 bits per heavy atom. The van der Waals surface area contributed by atoms with Crippen molar-refractivity contribution in [2.24, 2.45) is 0 Å². The fraction of sp³-hybridized carbons (Fsp3) is 0.400. The number of rotatable bonds is 6. The second kappa shape index (κ2) is 6.88. The maximum Gasteiger partial charge on any atom is 0.252 e. The molecule has 0 saturated heterocycles. The first-order chi connectivity index (χ1) is 10.1. The molecule has 0 aromatic carbocycles. The zero-order chi connectivity index (χ0) is 15.2. The van der Waals surface area contributed by atoms with Gasteiger partial charge >= 0.3 is 0 Å². The average molecular weight is 288 g/mol. The smallest absolute Gasteiger partial charge is 0.252 e. The van der Waals surface area contributed by atoms with Gasteiger partial charge in [0.1, 0.15) is 0 Å². The molecule has 0 aliphatic rings. The molecule has 6 heteroatoms. The number of amides is 1. The van der Waals surface area contributed by atoms with E-state index in [4.69, 9.17) is 4.74 Å². The van der Waals surface area contributed by atoms with E-state index in [1.165, 1.54) is 6.20 Å². The van der Waals surface area contributed by atoms with Gasteiger partial charge in [0, 0.05) is 31.0 Å². The Morgan fingerprint density at radius 3 is 2.76 bits per heavy atom. The van der Waals surface area contributed by atoms with Crippen molar-refractivity contribution in [1.29, 1.82) is 0 Å². The lowest BCUT2D eigenvalue weighted by atomic mass is 10.2. The monoisotopic (exact) mass is 288 g/mol. The van der Waals surface area contributed by atoms with Crippen LogP contribution in [0.15, 0.2) is 24.4 Å². The molecule has 6 nitrogen and oxygen atoms in total. The Morgan fingerprint density at radius 1 is 1.38 bits per heavy atom. The van der Waals surface area contributed by atoms with Gasteiger partial charge in [-0.15, -0.1) is 0 Å². The highest BCUT2D eigenvalue weighted by Crippen LogP contribution is 2.06. The molecule has 2 aromatic heterocycles. The van der Waals surface area contributed by atoms with Gasteiger partial charge in [-0.05, 0) is 32.4 Å². The van der Waals surface area contributed by atoms with Crippen LogP contribution in [0.5, 0.6) is 5.88 Å². The van der Waals surface area contributed by atoms with Crippen molar-refractivity contribution in [3.8, 4) is 5.88 Å². The lowest BCUT2D eigenvalue weighted by Crippen LogP contribution is -2.25. The van der Waals surface area contributed by atoms with Crippen LogP contribution in [0.1, 0.15) is 28.2 Å². The maximum absolute atomic E-state index is 11.9. The normalized spacial score (nSPS) is 10.4. The van der Waals surface area contributed by atoms with E-state index in [1.807, 2.05) is 24.6 Å². The first kappa shape index (κ1) is 15.0. The standard InChI is InChI=1S/C15H20N4O2/c1-11-9-12(2)19(18-11)8-4-7-16-15(20)13-5-6-14(21-3)17-10-13/h5-6,9-10H,4,7-8H2,1-3H3,(H,16,20). The molecular formula is C15H20N4O2. The SMILES string of the molecule is COc1ccc(C(=O)NCCCn2nc(C)cc2C)cn1. The Labute approximate surface area is 124 Å². The van der Waals surface area contributed by atoms with Gasteiger partial charge in [0.2, 0.25) is 5.88 Å². The van der Waals surface area contributed by atoms with Gasteiger partial charge in [0.25, 0.3) is 5.91 Å². The molecule has 2 aromatic rings. The number of methoxy groups -OCH3 is 1. The summed E-state index contributed by atoms with van der Waals surface area (Å²) in [6, 6.07) is 5.41. The minimum Gasteiger partial charge on any atom is -0.481 e. The number of aromatic nitrogens is 3. The highest BCUT2D eigenvalue weighted by Gasteiger charge is 2.06. The predicted molar refractivity (Wildman–Crippen MR) is 79.4 cm³/mol. The zero-order valence-corrected chi connectivity index (χ0v) is 12.6. The fourth-order valence-electron chi connectivity index (χ4n) is 2.07. The first-order valence-corrected chi connectivity index (χ1v) is 6.89. The van der Waals surface area contributed by atoms with Crippen LogP contribution in [-0.2, 0) is 6.54 Å². The average Bonchev–Trinajstić information content (AvgIpc) is 2.81. The molecule has 112 valence electrons. The van der Waals surface area contributed by atoms with Crippen molar-refractivity contribution < 1.29 is 9.53 Å². The van der Waals surface area contributed by atoms with Crippen molar-refractivity contribution in [3.63, 3.8) is 0 Å². The molecule has 1 N–H and O–H groups in total. The van der Waals surface area contributed by atoms with Gasteiger partial charge < -0.3 is 10.1 Å². The summed E-state index contributed by atoms with van der Waals surface area (Å²) in [6.45, 7) is 5.40. The van der Waals surface area contributed by atoms with E-state index in [-0.39, 0.29) is 5.91 Å². The number of pyridine rings is 1. The summed E-state index contributed by atoms with van der Waals surface area (Å²) in [7, 11) is 1.54.